The molecule has 3 amide bonds. The first-order valence-corrected chi connectivity index (χ1v) is 6.75. The predicted octanol–water partition coefficient (Wildman–Crippen LogP) is 1.87. The Hall–Kier alpha value is -2.41. The Kier molecular flexibility index (Phi) is 6.52. The number of urea groups is 1. The van der Waals surface area contributed by atoms with Crippen LogP contribution in [0.15, 0.2) is 30.3 Å². The molecule has 0 fully saturated rings. The zero-order valence-electron chi connectivity index (χ0n) is 12.6. The summed E-state index contributed by atoms with van der Waals surface area (Å²) in [7, 11) is 0. The van der Waals surface area contributed by atoms with Crippen LogP contribution in [0.25, 0.3) is 0 Å². The largest absolute Gasteiger partial charge is 0.465 e. The average molecular weight is 308 g/mol. The van der Waals surface area contributed by atoms with Crippen molar-refractivity contribution in [3.05, 3.63) is 35.9 Å². The predicted molar refractivity (Wildman–Crippen MR) is 79.5 cm³/mol. The molecule has 2 N–H and O–H groups in total. The SMILES string of the molecule is CC(C)(COCc1ccccc1)N(C(=O)O)C(=O)NCC=O. The van der Waals surface area contributed by atoms with E-state index in [0.29, 0.717) is 17.8 Å². The molecule has 7 heteroatoms. The molecule has 0 aliphatic carbocycles. The monoisotopic (exact) mass is 308 g/mol. The number of rotatable bonds is 7. The highest BCUT2D eigenvalue weighted by atomic mass is 16.5. The number of hydrogen-bond acceptors (Lipinski definition) is 4. The molecule has 0 spiro atoms. The van der Waals surface area contributed by atoms with E-state index in [2.05, 4.69) is 5.32 Å². The molecule has 7 nitrogen and oxygen atoms in total. The molecular weight excluding hydrogens is 288 g/mol. The fourth-order valence-corrected chi connectivity index (χ4v) is 1.89. The van der Waals surface area contributed by atoms with Crippen molar-refractivity contribution >= 4 is 18.4 Å². The lowest BCUT2D eigenvalue weighted by Crippen LogP contribution is -2.56. The van der Waals surface area contributed by atoms with Gasteiger partial charge in [-0.3, -0.25) is 0 Å². The Bertz CT molecular complexity index is 516. The smallest absolute Gasteiger partial charge is 0.416 e. The van der Waals surface area contributed by atoms with Crippen LogP contribution in [0.4, 0.5) is 9.59 Å². The first kappa shape index (κ1) is 17.6. The average Bonchev–Trinajstić information content (AvgIpc) is 2.45. The summed E-state index contributed by atoms with van der Waals surface area (Å²) in [5.74, 6) is 0. The van der Waals surface area contributed by atoms with E-state index < -0.39 is 17.7 Å². The van der Waals surface area contributed by atoms with Crippen molar-refractivity contribution in [2.24, 2.45) is 0 Å². The molecule has 22 heavy (non-hydrogen) atoms. The molecule has 1 aromatic carbocycles. The van der Waals surface area contributed by atoms with Crippen molar-refractivity contribution in [1.82, 2.24) is 10.2 Å². The van der Waals surface area contributed by atoms with Crippen LogP contribution in [-0.4, -0.2) is 47.1 Å². The molecule has 0 heterocycles. The van der Waals surface area contributed by atoms with Gasteiger partial charge in [0.2, 0.25) is 0 Å². The molecule has 0 aromatic heterocycles. The van der Waals surface area contributed by atoms with Gasteiger partial charge in [0.05, 0.1) is 25.3 Å². The summed E-state index contributed by atoms with van der Waals surface area (Å²) in [5.41, 5.74) is -0.126. The van der Waals surface area contributed by atoms with E-state index in [0.717, 1.165) is 5.56 Å². The minimum atomic E-state index is -1.41. The van der Waals surface area contributed by atoms with Crippen molar-refractivity contribution in [2.45, 2.75) is 26.0 Å². The Morgan fingerprint density at radius 2 is 1.95 bits per heavy atom. The standard InChI is InChI=1S/C15H20N2O5/c1-15(2,11-22-10-12-6-4-3-5-7-12)17(14(20)21)13(19)16-8-9-18/h3-7,9H,8,10-11H2,1-2H3,(H,16,19)(H,20,21). The second kappa shape index (κ2) is 8.14. The number of amides is 3. The molecular formula is C15H20N2O5. The fourth-order valence-electron chi connectivity index (χ4n) is 1.89. The summed E-state index contributed by atoms with van der Waals surface area (Å²) in [6.45, 7) is 3.25. The number of hydrogen-bond donors (Lipinski definition) is 2. The van der Waals surface area contributed by atoms with Crippen LogP contribution in [0.1, 0.15) is 19.4 Å². The lowest BCUT2D eigenvalue weighted by molar-refractivity contribution is -0.107. The van der Waals surface area contributed by atoms with E-state index in [9.17, 15) is 19.5 Å². The summed E-state index contributed by atoms with van der Waals surface area (Å²) in [5, 5.41) is 11.4. The van der Waals surface area contributed by atoms with E-state index in [1.54, 1.807) is 13.8 Å². The number of benzene rings is 1. The molecule has 0 saturated carbocycles. The van der Waals surface area contributed by atoms with Crippen LogP contribution in [0.5, 0.6) is 0 Å². The van der Waals surface area contributed by atoms with Crippen LogP contribution >= 0.6 is 0 Å². The molecule has 0 saturated heterocycles. The van der Waals surface area contributed by atoms with Crippen LogP contribution in [0.2, 0.25) is 0 Å². The molecule has 0 bridgehead atoms. The van der Waals surface area contributed by atoms with Gasteiger partial charge in [-0.1, -0.05) is 30.3 Å². The Morgan fingerprint density at radius 3 is 2.50 bits per heavy atom. The summed E-state index contributed by atoms with van der Waals surface area (Å²) in [6.07, 6.45) is -0.923. The number of nitrogens with zero attached hydrogens (tertiary/aromatic N) is 1. The van der Waals surface area contributed by atoms with E-state index in [4.69, 9.17) is 4.74 Å². The number of imide groups is 1. The highest BCUT2D eigenvalue weighted by molar-refractivity contribution is 5.91. The molecule has 1 rings (SSSR count). The molecule has 120 valence electrons. The van der Waals surface area contributed by atoms with Gasteiger partial charge in [0, 0.05) is 0 Å². The van der Waals surface area contributed by atoms with Gasteiger partial charge in [0.1, 0.15) is 6.29 Å². The zero-order chi connectivity index (χ0) is 16.6. The normalized spacial score (nSPS) is 10.8. The van der Waals surface area contributed by atoms with Gasteiger partial charge in [-0.15, -0.1) is 0 Å². The van der Waals surface area contributed by atoms with Crippen LogP contribution < -0.4 is 5.32 Å². The van der Waals surface area contributed by atoms with E-state index in [1.807, 2.05) is 30.3 Å². The van der Waals surface area contributed by atoms with Crippen molar-refractivity contribution in [2.75, 3.05) is 13.2 Å². The third-order valence-electron chi connectivity index (χ3n) is 2.90. The number of aldehydes is 1. The maximum atomic E-state index is 11.8. The minimum Gasteiger partial charge on any atom is -0.465 e. The lowest BCUT2D eigenvalue weighted by Gasteiger charge is -2.34. The zero-order valence-corrected chi connectivity index (χ0v) is 12.6. The highest BCUT2D eigenvalue weighted by Crippen LogP contribution is 2.16. The van der Waals surface area contributed by atoms with Gasteiger partial charge in [-0.2, -0.15) is 0 Å². The Balaban J connectivity index is 2.65. The topological polar surface area (TPSA) is 95.9 Å². The number of nitrogens with one attached hydrogen (secondary N) is 1. The van der Waals surface area contributed by atoms with Gasteiger partial charge >= 0.3 is 12.1 Å². The minimum absolute atomic E-state index is 0.0305. The Morgan fingerprint density at radius 1 is 1.32 bits per heavy atom. The van der Waals surface area contributed by atoms with Gasteiger partial charge in [0.25, 0.3) is 0 Å². The van der Waals surface area contributed by atoms with Gasteiger partial charge in [0.15, 0.2) is 0 Å². The second-order valence-corrected chi connectivity index (χ2v) is 5.26. The second-order valence-electron chi connectivity index (χ2n) is 5.26. The lowest BCUT2D eigenvalue weighted by atomic mass is 10.1. The van der Waals surface area contributed by atoms with Gasteiger partial charge in [-0.25, -0.2) is 14.5 Å². The number of carbonyl (C=O) groups is 3. The highest BCUT2D eigenvalue weighted by Gasteiger charge is 2.36. The maximum absolute atomic E-state index is 11.8. The van der Waals surface area contributed by atoms with Crippen LogP contribution in [0, 0.1) is 0 Å². The van der Waals surface area contributed by atoms with Crippen molar-refractivity contribution in [3.8, 4) is 0 Å². The van der Waals surface area contributed by atoms with Gasteiger partial charge in [-0.05, 0) is 19.4 Å². The van der Waals surface area contributed by atoms with E-state index >= 15 is 0 Å². The molecule has 0 radical (unpaired) electrons. The van der Waals surface area contributed by atoms with Crippen LogP contribution in [0.3, 0.4) is 0 Å². The summed E-state index contributed by atoms with van der Waals surface area (Å²) < 4.78 is 5.52. The molecule has 0 aliphatic heterocycles. The third kappa shape index (κ3) is 5.17. The van der Waals surface area contributed by atoms with E-state index in [1.165, 1.54) is 0 Å². The summed E-state index contributed by atoms with van der Waals surface area (Å²) in [6, 6.07) is 8.56. The van der Waals surface area contributed by atoms with Crippen LogP contribution in [-0.2, 0) is 16.1 Å². The molecule has 0 aliphatic rings. The fraction of sp³-hybridized carbons (Fsp3) is 0.400. The van der Waals surface area contributed by atoms with E-state index in [-0.39, 0.29) is 13.2 Å². The number of ether oxygens (including phenoxy) is 1. The molecule has 0 unspecified atom stereocenters. The summed E-state index contributed by atoms with van der Waals surface area (Å²) in [4.78, 5) is 34.0. The molecule has 1 aromatic rings. The molecule has 0 atom stereocenters. The third-order valence-corrected chi connectivity index (χ3v) is 2.90. The number of carbonyl (C=O) groups excluding carboxylic acids is 2. The quantitative estimate of drug-likeness (QED) is 0.750. The van der Waals surface area contributed by atoms with Crippen molar-refractivity contribution in [3.63, 3.8) is 0 Å². The first-order valence-electron chi connectivity index (χ1n) is 6.75. The number of carboxylic acid groups (broad SMARTS) is 1. The van der Waals surface area contributed by atoms with Crippen molar-refractivity contribution in [1.29, 1.82) is 0 Å². The van der Waals surface area contributed by atoms with Gasteiger partial charge < -0.3 is 20.0 Å². The first-order chi connectivity index (χ1) is 10.4. The summed E-state index contributed by atoms with van der Waals surface area (Å²) >= 11 is 0. The van der Waals surface area contributed by atoms with Crippen molar-refractivity contribution < 1.29 is 24.2 Å². The maximum Gasteiger partial charge on any atom is 0.416 e. The Labute approximate surface area is 128 Å².